The van der Waals surface area contributed by atoms with E-state index in [0.29, 0.717) is 13.1 Å². The van der Waals surface area contributed by atoms with Gasteiger partial charge >= 0.3 is 0 Å². The zero-order valence-corrected chi connectivity index (χ0v) is 12.4. The van der Waals surface area contributed by atoms with Crippen LogP contribution in [-0.4, -0.2) is 34.0 Å². The van der Waals surface area contributed by atoms with Gasteiger partial charge in [-0.05, 0) is 30.9 Å². The predicted molar refractivity (Wildman–Crippen MR) is 82.6 cm³/mol. The fourth-order valence-corrected chi connectivity index (χ4v) is 2.89. The van der Waals surface area contributed by atoms with Crippen molar-refractivity contribution in [2.24, 2.45) is 5.92 Å². The third-order valence-corrected chi connectivity index (χ3v) is 4.24. The van der Waals surface area contributed by atoms with Gasteiger partial charge in [-0.2, -0.15) is 0 Å². The monoisotopic (exact) mass is 297 g/mol. The lowest BCUT2D eigenvalue weighted by Gasteiger charge is -2.22. The van der Waals surface area contributed by atoms with Gasteiger partial charge in [-0.25, -0.2) is 0 Å². The van der Waals surface area contributed by atoms with Gasteiger partial charge in [-0.1, -0.05) is 17.3 Å². The second-order valence-electron chi connectivity index (χ2n) is 6.07. The highest BCUT2D eigenvalue weighted by molar-refractivity contribution is 6.00. The normalized spacial score (nSPS) is 17.8. The minimum atomic E-state index is -0.00418. The molecule has 0 atom stereocenters. The van der Waals surface area contributed by atoms with Gasteiger partial charge in [0.15, 0.2) is 0 Å². The van der Waals surface area contributed by atoms with Crippen molar-refractivity contribution in [2.75, 3.05) is 18.0 Å². The van der Waals surface area contributed by atoms with Gasteiger partial charge in [-0.15, -0.1) is 5.10 Å². The molecule has 1 aliphatic carbocycles. The smallest absolute Gasteiger partial charge is 0.253 e. The van der Waals surface area contributed by atoms with E-state index in [4.69, 9.17) is 0 Å². The Kier molecular flexibility index (Phi) is 3.29. The Bertz CT molecular complexity index is 691. The number of hydrogen-bond acceptors (Lipinski definition) is 4. The maximum Gasteiger partial charge on any atom is 0.253 e. The van der Waals surface area contributed by atoms with E-state index in [0.717, 1.165) is 36.0 Å². The number of benzene rings is 1. The molecule has 1 aliphatic heterocycles. The summed E-state index contributed by atoms with van der Waals surface area (Å²) in [4.78, 5) is 14.3. The molecular formula is C16H19N5O. The molecule has 114 valence electrons. The Hall–Kier alpha value is -2.37. The van der Waals surface area contributed by atoms with E-state index in [2.05, 4.69) is 20.5 Å². The first-order valence-electron chi connectivity index (χ1n) is 7.81. The molecule has 2 heterocycles. The summed E-state index contributed by atoms with van der Waals surface area (Å²) >= 11 is 0. The van der Waals surface area contributed by atoms with Crippen LogP contribution in [0, 0.1) is 5.92 Å². The molecular weight excluding hydrogens is 278 g/mol. The van der Waals surface area contributed by atoms with E-state index in [1.54, 1.807) is 0 Å². The molecule has 0 bridgehead atoms. The zero-order chi connectivity index (χ0) is 14.9. The second kappa shape index (κ2) is 5.44. The van der Waals surface area contributed by atoms with E-state index >= 15 is 0 Å². The molecule has 0 saturated heterocycles. The van der Waals surface area contributed by atoms with Crippen molar-refractivity contribution in [1.29, 1.82) is 0 Å². The molecule has 0 radical (unpaired) electrons. The number of anilines is 1. The standard InChI is InChI=1S/C16H19N5O/c22-16-14-3-1-2-4-15(14)20(8-7-17-16)10-13-11-21(19-18-13)9-12-5-6-12/h1-4,11-12H,5-10H2,(H,17,22). The molecule has 2 aliphatic rings. The van der Waals surface area contributed by atoms with Crippen LogP contribution in [0.2, 0.25) is 0 Å². The average Bonchev–Trinajstić information content (AvgIpc) is 3.26. The number of carbonyl (C=O) groups is 1. The first kappa shape index (κ1) is 13.3. The number of rotatable bonds is 4. The summed E-state index contributed by atoms with van der Waals surface area (Å²) in [6, 6.07) is 7.73. The van der Waals surface area contributed by atoms with E-state index in [9.17, 15) is 4.79 Å². The van der Waals surface area contributed by atoms with Crippen molar-refractivity contribution in [2.45, 2.75) is 25.9 Å². The molecule has 1 fully saturated rings. The zero-order valence-electron chi connectivity index (χ0n) is 12.4. The molecule has 6 heteroatoms. The largest absolute Gasteiger partial charge is 0.363 e. The summed E-state index contributed by atoms with van der Waals surface area (Å²) in [5.41, 5.74) is 2.64. The molecule has 6 nitrogen and oxygen atoms in total. The Morgan fingerprint density at radius 2 is 2.14 bits per heavy atom. The fourth-order valence-electron chi connectivity index (χ4n) is 2.89. The third-order valence-electron chi connectivity index (χ3n) is 4.24. The molecule has 0 unspecified atom stereocenters. The van der Waals surface area contributed by atoms with Gasteiger partial charge < -0.3 is 10.2 Å². The Morgan fingerprint density at radius 3 is 3.00 bits per heavy atom. The second-order valence-corrected chi connectivity index (χ2v) is 6.07. The van der Waals surface area contributed by atoms with Crippen LogP contribution in [0.1, 0.15) is 28.9 Å². The van der Waals surface area contributed by atoms with Crippen LogP contribution in [0.25, 0.3) is 0 Å². The molecule has 0 spiro atoms. The molecule has 22 heavy (non-hydrogen) atoms. The summed E-state index contributed by atoms with van der Waals surface area (Å²) in [5, 5.41) is 11.4. The van der Waals surface area contributed by atoms with Crippen molar-refractivity contribution in [3.05, 3.63) is 41.7 Å². The quantitative estimate of drug-likeness (QED) is 0.927. The Balaban J connectivity index is 1.55. The van der Waals surface area contributed by atoms with Gasteiger partial charge in [0.1, 0.15) is 5.69 Å². The van der Waals surface area contributed by atoms with Crippen molar-refractivity contribution in [1.82, 2.24) is 20.3 Å². The van der Waals surface area contributed by atoms with Crippen LogP contribution < -0.4 is 10.2 Å². The van der Waals surface area contributed by atoms with Gasteiger partial charge in [-0.3, -0.25) is 9.48 Å². The lowest BCUT2D eigenvalue weighted by Crippen LogP contribution is -2.29. The van der Waals surface area contributed by atoms with Crippen LogP contribution in [0.4, 0.5) is 5.69 Å². The number of aromatic nitrogens is 3. The van der Waals surface area contributed by atoms with E-state index < -0.39 is 0 Å². The van der Waals surface area contributed by atoms with E-state index in [1.165, 1.54) is 12.8 Å². The number of nitrogens with one attached hydrogen (secondary N) is 1. The predicted octanol–water partition coefficient (Wildman–Crippen LogP) is 1.44. The number of amides is 1. The van der Waals surface area contributed by atoms with Crippen molar-refractivity contribution in [3.8, 4) is 0 Å². The summed E-state index contributed by atoms with van der Waals surface area (Å²) in [7, 11) is 0. The fraction of sp³-hybridized carbons (Fsp3) is 0.438. The van der Waals surface area contributed by atoms with Crippen LogP contribution in [-0.2, 0) is 13.1 Å². The molecule has 1 aromatic heterocycles. The van der Waals surface area contributed by atoms with E-state index in [-0.39, 0.29) is 5.91 Å². The maximum absolute atomic E-state index is 12.1. The van der Waals surface area contributed by atoms with Gasteiger partial charge in [0.2, 0.25) is 0 Å². The maximum atomic E-state index is 12.1. The summed E-state index contributed by atoms with van der Waals surface area (Å²) < 4.78 is 1.94. The highest BCUT2D eigenvalue weighted by Crippen LogP contribution is 2.30. The number of hydrogen-bond donors (Lipinski definition) is 1. The molecule has 4 rings (SSSR count). The van der Waals surface area contributed by atoms with Crippen LogP contribution in [0.15, 0.2) is 30.5 Å². The van der Waals surface area contributed by atoms with Crippen LogP contribution in [0.3, 0.4) is 0 Å². The number of nitrogens with zero attached hydrogens (tertiary/aromatic N) is 4. The molecule has 1 aromatic carbocycles. The van der Waals surface area contributed by atoms with E-state index in [1.807, 2.05) is 35.1 Å². The minimum absolute atomic E-state index is 0.00418. The van der Waals surface area contributed by atoms with Crippen molar-refractivity contribution >= 4 is 11.6 Å². The molecule has 2 aromatic rings. The lowest BCUT2D eigenvalue weighted by atomic mass is 10.1. The molecule has 1 amide bonds. The Labute approximate surface area is 129 Å². The minimum Gasteiger partial charge on any atom is -0.363 e. The van der Waals surface area contributed by atoms with Gasteiger partial charge in [0.05, 0.1) is 18.3 Å². The molecule has 1 saturated carbocycles. The van der Waals surface area contributed by atoms with Crippen molar-refractivity contribution in [3.63, 3.8) is 0 Å². The highest BCUT2D eigenvalue weighted by Gasteiger charge is 2.23. The van der Waals surface area contributed by atoms with Crippen LogP contribution >= 0.6 is 0 Å². The number of para-hydroxylation sites is 1. The highest BCUT2D eigenvalue weighted by atomic mass is 16.1. The van der Waals surface area contributed by atoms with Crippen LogP contribution in [0.5, 0.6) is 0 Å². The summed E-state index contributed by atoms with van der Waals surface area (Å²) in [6.07, 6.45) is 4.64. The van der Waals surface area contributed by atoms with Crippen molar-refractivity contribution < 1.29 is 4.79 Å². The summed E-state index contributed by atoms with van der Waals surface area (Å²) in [6.45, 7) is 3.07. The first-order chi connectivity index (χ1) is 10.8. The molecule has 1 N–H and O–H groups in total. The van der Waals surface area contributed by atoms with Gasteiger partial charge in [0.25, 0.3) is 5.91 Å². The topological polar surface area (TPSA) is 63.1 Å². The van der Waals surface area contributed by atoms with Gasteiger partial charge in [0, 0.05) is 25.3 Å². The summed E-state index contributed by atoms with van der Waals surface area (Å²) in [5.74, 6) is 0.783. The lowest BCUT2D eigenvalue weighted by molar-refractivity contribution is 0.0958. The number of fused-ring (bicyclic) bond motifs is 1. The number of carbonyl (C=O) groups excluding carboxylic acids is 1. The Morgan fingerprint density at radius 1 is 1.27 bits per heavy atom. The SMILES string of the molecule is O=C1NCCN(Cc2cn(CC3CC3)nn2)c2ccccc21. The third kappa shape index (κ3) is 2.68. The first-order valence-corrected chi connectivity index (χ1v) is 7.81. The average molecular weight is 297 g/mol.